The minimum absolute atomic E-state index is 0.0789. The number of anilines is 2. The topological polar surface area (TPSA) is 110 Å². The van der Waals surface area contributed by atoms with E-state index in [9.17, 15) is 27.6 Å². The second kappa shape index (κ2) is 12.2. The van der Waals surface area contributed by atoms with Gasteiger partial charge in [0, 0.05) is 28.6 Å². The van der Waals surface area contributed by atoms with Crippen molar-refractivity contribution in [2.24, 2.45) is 0 Å². The van der Waals surface area contributed by atoms with Crippen LogP contribution in [-0.2, 0) is 28.7 Å². The molecular weight excluding hydrogens is 561 g/mol. The molecule has 9 nitrogen and oxygen atoms in total. The van der Waals surface area contributed by atoms with Crippen molar-refractivity contribution in [1.82, 2.24) is 19.2 Å². The van der Waals surface area contributed by atoms with Crippen molar-refractivity contribution >= 4 is 29.0 Å². The Labute approximate surface area is 245 Å². The highest BCUT2D eigenvalue weighted by Gasteiger charge is 2.30. The Hall–Kier alpha value is -4.74. The fourth-order valence-corrected chi connectivity index (χ4v) is 5.53. The van der Waals surface area contributed by atoms with E-state index < -0.39 is 29.1 Å². The third-order valence-corrected chi connectivity index (χ3v) is 7.61. The van der Waals surface area contributed by atoms with Crippen LogP contribution < -0.4 is 16.2 Å². The van der Waals surface area contributed by atoms with Gasteiger partial charge in [-0.15, -0.1) is 5.10 Å². The van der Waals surface area contributed by atoms with Crippen molar-refractivity contribution in [3.8, 4) is 11.1 Å². The third-order valence-electron chi connectivity index (χ3n) is 7.61. The van der Waals surface area contributed by atoms with Crippen LogP contribution in [0.25, 0.3) is 16.9 Å². The summed E-state index contributed by atoms with van der Waals surface area (Å²) < 4.78 is 41.8. The van der Waals surface area contributed by atoms with Crippen molar-refractivity contribution in [2.75, 3.05) is 10.6 Å². The molecule has 1 saturated carbocycles. The number of nitrogens with one attached hydrogen (secondary N) is 2. The molecule has 1 fully saturated rings. The van der Waals surface area contributed by atoms with Gasteiger partial charge in [-0.2, -0.15) is 22.7 Å². The SMILES string of the molecule is C=CC(=O)Nc1ccccc1-c1c(CC)n(CC(=O)Nc2ccc(C(F)(F)F)cc2)c2nc(C3CCCCC3)nn2c1=O. The van der Waals surface area contributed by atoms with E-state index >= 15 is 0 Å². The summed E-state index contributed by atoms with van der Waals surface area (Å²) in [5.74, 6) is -0.178. The van der Waals surface area contributed by atoms with Gasteiger partial charge in [-0.3, -0.25) is 14.4 Å². The predicted octanol–water partition coefficient (Wildman–Crippen LogP) is 5.95. The maximum atomic E-state index is 14.1. The molecule has 0 spiro atoms. The number of alkyl halides is 3. The number of carbonyl (C=O) groups excluding carboxylic acids is 2. The quantitative estimate of drug-likeness (QED) is 0.246. The molecule has 4 aromatic rings. The molecule has 2 amide bonds. The first-order valence-corrected chi connectivity index (χ1v) is 14.1. The number of amides is 2. The first kappa shape index (κ1) is 29.7. The number of nitrogens with zero attached hydrogens (tertiary/aromatic N) is 4. The van der Waals surface area contributed by atoms with Crippen LogP contribution in [-0.4, -0.2) is 31.0 Å². The minimum Gasteiger partial charge on any atom is -0.325 e. The largest absolute Gasteiger partial charge is 0.416 e. The van der Waals surface area contributed by atoms with E-state index in [2.05, 4.69) is 22.3 Å². The summed E-state index contributed by atoms with van der Waals surface area (Å²) in [6.07, 6.45) is 1.92. The number of para-hydroxylation sites is 1. The molecule has 224 valence electrons. The molecular formula is C31H31F3N6O3. The number of hydrogen-bond acceptors (Lipinski definition) is 5. The van der Waals surface area contributed by atoms with Crippen molar-refractivity contribution < 1.29 is 22.8 Å². The lowest BCUT2D eigenvalue weighted by atomic mass is 9.89. The van der Waals surface area contributed by atoms with Gasteiger partial charge in [0.15, 0.2) is 5.82 Å². The fourth-order valence-electron chi connectivity index (χ4n) is 5.53. The number of fused-ring (bicyclic) bond motifs is 1. The predicted molar refractivity (Wildman–Crippen MR) is 157 cm³/mol. The zero-order chi connectivity index (χ0) is 30.7. The first-order chi connectivity index (χ1) is 20.6. The molecule has 0 radical (unpaired) electrons. The van der Waals surface area contributed by atoms with Gasteiger partial charge in [0.1, 0.15) is 6.54 Å². The van der Waals surface area contributed by atoms with Crippen molar-refractivity contribution in [2.45, 2.75) is 64.1 Å². The molecule has 43 heavy (non-hydrogen) atoms. The Morgan fingerprint density at radius 1 is 1.05 bits per heavy atom. The van der Waals surface area contributed by atoms with Crippen LogP contribution in [0.2, 0.25) is 0 Å². The summed E-state index contributed by atoms with van der Waals surface area (Å²) in [4.78, 5) is 44.3. The second-order valence-corrected chi connectivity index (χ2v) is 10.4. The van der Waals surface area contributed by atoms with Crippen LogP contribution in [0, 0.1) is 0 Å². The number of carbonyl (C=O) groups is 2. The molecule has 2 aromatic carbocycles. The van der Waals surface area contributed by atoms with Gasteiger partial charge < -0.3 is 15.2 Å². The molecule has 1 aliphatic carbocycles. The zero-order valence-corrected chi connectivity index (χ0v) is 23.6. The van der Waals surface area contributed by atoms with E-state index in [1.54, 1.807) is 28.8 Å². The highest BCUT2D eigenvalue weighted by molar-refractivity contribution is 6.02. The number of benzene rings is 2. The Balaban J connectivity index is 1.63. The van der Waals surface area contributed by atoms with E-state index in [4.69, 9.17) is 4.98 Å². The van der Waals surface area contributed by atoms with Gasteiger partial charge in [-0.25, -0.2) is 0 Å². The van der Waals surface area contributed by atoms with Gasteiger partial charge in [-0.1, -0.05) is 51.0 Å². The van der Waals surface area contributed by atoms with Crippen molar-refractivity contribution in [1.29, 1.82) is 0 Å². The zero-order valence-electron chi connectivity index (χ0n) is 23.6. The van der Waals surface area contributed by atoms with Gasteiger partial charge in [0.25, 0.3) is 5.56 Å². The van der Waals surface area contributed by atoms with Crippen LogP contribution >= 0.6 is 0 Å². The van der Waals surface area contributed by atoms with Gasteiger partial charge in [0.05, 0.1) is 11.1 Å². The second-order valence-electron chi connectivity index (χ2n) is 10.4. The molecule has 2 N–H and O–H groups in total. The highest BCUT2D eigenvalue weighted by Crippen LogP contribution is 2.33. The van der Waals surface area contributed by atoms with Crippen LogP contribution in [0.3, 0.4) is 0 Å². The van der Waals surface area contributed by atoms with E-state index in [-0.39, 0.29) is 29.5 Å². The van der Waals surface area contributed by atoms with Crippen molar-refractivity contribution in [3.63, 3.8) is 0 Å². The van der Waals surface area contributed by atoms with Crippen LogP contribution in [0.1, 0.15) is 62.0 Å². The van der Waals surface area contributed by atoms with Gasteiger partial charge >= 0.3 is 6.18 Å². The average Bonchev–Trinajstić information content (AvgIpc) is 3.45. The first-order valence-electron chi connectivity index (χ1n) is 14.1. The Kier molecular flexibility index (Phi) is 8.47. The van der Waals surface area contributed by atoms with E-state index in [1.165, 1.54) is 16.6 Å². The Morgan fingerprint density at radius 2 is 1.74 bits per heavy atom. The third kappa shape index (κ3) is 6.23. The lowest BCUT2D eigenvalue weighted by molar-refractivity contribution is -0.137. The summed E-state index contributed by atoms with van der Waals surface area (Å²) in [5.41, 5.74) is 0.475. The molecule has 5 rings (SSSR count). The summed E-state index contributed by atoms with van der Waals surface area (Å²) in [5, 5.41) is 10.0. The average molecular weight is 593 g/mol. The maximum Gasteiger partial charge on any atom is 0.416 e. The Morgan fingerprint density at radius 3 is 2.40 bits per heavy atom. The van der Waals surface area contributed by atoms with Crippen molar-refractivity contribution in [3.05, 3.63) is 88.6 Å². The van der Waals surface area contributed by atoms with E-state index in [0.717, 1.165) is 50.3 Å². The molecule has 2 heterocycles. The monoisotopic (exact) mass is 592 g/mol. The van der Waals surface area contributed by atoms with E-state index in [0.29, 0.717) is 29.2 Å². The smallest absolute Gasteiger partial charge is 0.325 e. The molecule has 0 unspecified atom stereocenters. The summed E-state index contributed by atoms with van der Waals surface area (Å²) in [6, 6.07) is 11.0. The number of hydrogen-bond donors (Lipinski definition) is 2. The summed E-state index contributed by atoms with van der Waals surface area (Å²) >= 11 is 0. The molecule has 0 aliphatic heterocycles. The van der Waals surface area contributed by atoms with Gasteiger partial charge in [-0.05, 0) is 55.7 Å². The van der Waals surface area contributed by atoms with E-state index in [1.807, 2.05) is 6.92 Å². The summed E-state index contributed by atoms with van der Waals surface area (Å²) in [7, 11) is 0. The minimum atomic E-state index is -4.50. The number of halogens is 3. The molecule has 0 atom stereocenters. The van der Waals surface area contributed by atoms with Gasteiger partial charge in [0.2, 0.25) is 17.6 Å². The molecule has 1 aliphatic rings. The summed E-state index contributed by atoms with van der Waals surface area (Å²) in [6.45, 7) is 5.04. The van der Waals surface area contributed by atoms with Crippen LogP contribution in [0.4, 0.5) is 24.5 Å². The van der Waals surface area contributed by atoms with Crippen LogP contribution in [0.5, 0.6) is 0 Å². The lowest BCUT2D eigenvalue weighted by Gasteiger charge is -2.19. The molecule has 12 heteroatoms. The Bertz CT molecular complexity index is 1730. The standard InChI is InChI=1S/C31H31F3N6O3/c1-3-24-27(22-12-8-9-13-23(22)36-25(41)4-2)29(43)40-30(37-28(38-40)19-10-6-5-7-11-19)39(24)18-26(42)35-21-16-14-20(15-17-21)31(32,33)34/h4,8-9,12-17,19H,2-3,5-7,10-11,18H2,1H3,(H,35,42)(H,36,41). The lowest BCUT2D eigenvalue weighted by Crippen LogP contribution is -2.29. The van der Waals surface area contributed by atoms with Crippen LogP contribution in [0.15, 0.2) is 66.0 Å². The number of rotatable bonds is 8. The number of aromatic nitrogens is 4. The molecule has 0 saturated heterocycles. The highest BCUT2D eigenvalue weighted by atomic mass is 19.4. The fraction of sp³-hybridized carbons (Fsp3) is 0.323. The molecule has 2 aromatic heterocycles. The maximum absolute atomic E-state index is 14.1. The normalized spacial score (nSPS) is 14.0. The molecule has 0 bridgehead atoms.